The van der Waals surface area contributed by atoms with Crippen molar-refractivity contribution in [1.29, 1.82) is 0 Å². The molecule has 0 heterocycles. The molecule has 0 aromatic heterocycles. The van der Waals surface area contributed by atoms with Crippen molar-refractivity contribution >= 4 is 30.7 Å². The van der Waals surface area contributed by atoms with E-state index in [9.17, 15) is 4.79 Å². The van der Waals surface area contributed by atoms with E-state index in [0.717, 1.165) is 10.0 Å². The van der Waals surface area contributed by atoms with Gasteiger partial charge in [-0.25, -0.2) is 0 Å². The minimum atomic E-state index is -0.944. The third kappa shape index (κ3) is 5.52. The fourth-order valence-electron chi connectivity index (χ4n) is 2.46. The molecule has 24 heavy (non-hydrogen) atoms. The molecule has 3 heteroatoms. The van der Waals surface area contributed by atoms with Crippen LogP contribution in [0.4, 0.5) is 0 Å². The maximum absolute atomic E-state index is 11.9. The first-order valence-corrected chi connectivity index (χ1v) is 11.7. The van der Waals surface area contributed by atoms with Crippen LogP contribution in [0.2, 0.25) is 4.44 Å². The summed E-state index contributed by atoms with van der Waals surface area (Å²) in [6.07, 6.45) is 1.71. The van der Waals surface area contributed by atoms with E-state index >= 15 is 0 Å². The van der Waals surface area contributed by atoms with Crippen LogP contribution in [0.25, 0.3) is 3.59 Å². The molecule has 0 N–H and O–H groups in total. The topological polar surface area (TPSA) is 26.3 Å². The van der Waals surface area contributed by atoms with Gasteiger partial charge in [-0.05, 0) is 0 Å². The minimum absolute atomic E-state index is 0.121. The summed E-state index contributed by atoms with van der Waals surface area (Å²) in [5.74, 6) is -0.227. The number of ether oxygens (including phenoxy) is 1. The average Bonchev–Trinajstić information content (AvgIpc) is 2.60. The average molecular weight is 427 g/mol. The number of hydrogen-bond donors (Lipinski definition) is 0. The molecular formula is C21H24O2Sn. The SMILES string of the molecule is CCOC(=O)/C=[C](/[Sn][CH2]C(C)(C)c1ccccc1)c1ccccc1. The van der Waals surface area contributed by atoms with Crippen molar-refractivity contribution in [2.24, 2.45) is 0 Å². The quantitative estimate of drug-likeness (QED) is 0.364. The number of rotatable bonds is 7. The Bertz CT molecular complexity index is 675. The molecule has 2 rings (SSSR count). The fraction of sp³-hybridized carbons (Fsp3) is 0.286. The number of carbonyl (C=O) groups is 1. The number of benzene rings is 2. The van der Waals surface area contributed by atoms with Crippen molar-refractivity contribution in [3.63, 3.8) is 0 Å². The van der Waals surface area contributed by atoms with Crippen molar-refractivity contribution in [3.8, 4) is 0 Å². The van der Waals surface area contributed by atoms with Gasteiger partial charge in [0.2, 0.25) is 0 Å². The van der Waals surface area contributed by atoms with Crippen LogP contribution in [0, 0.1) is 0 Å². The molecule has 0 amide bonds. The third-order valence-electron chi connectivity index (χ3n) is 3.91. The summed E-state index contributed by atoms with van der Waals surface area (Å²) in [4.78, 5) is 11.9. The molecule has 2 aromatic carbocycles. The Morgan fingerprint density at radius 1 is 1.04 bits per heavy atom. The summed E-state index contributed by atoms with van der Waals surface area (Å²) in [5.41, 5.74) is 2.63. The molecule has 124 valence electrons. The number of hydrogen-bond acceptors (Lipinski definition) is 2. The summed E-state index contributed by atoms with van der Waals surface area (Å²) in [6, 6.07) is 20.8. The van der Waals surface area contributed by atoms with Crippen molar-refractivity contribution in [1.82, 2.24) is 0 Å². The molecule has 0 saturated carbocycles. The first-order chi connectivity index (χ1) is 11.5. The zero-order valence-corrected chi connectivity index (χ0v) is 17.4. The third-order valence-corrected chi connectivity index (χ3v) is 9.26. The molecule has 0 spiro atoms. The Kier molecular flexibility index (Phi) is 7.10. The zero-order valence-electron chi connectivity index (χ0n) is 14.6. The molecule has 0 aliphatic carbocycles. The Morgan fingerprint density at radius 3 is 2.21 bits per heavy atom. The fourth-order valence-corrected chi connectivity index (χ4v) is 6.54. The van der Waals surface area contributed by atoms with Gasteiger partial charge in [-0.15, -0.1) is 0 Å². The van der Waals surface area contributed by atoms with E-state index in [1.807, 2.05) is 25.1 Å². The van der Waals surface area contributed by atoms with Crippen molar-refractivity contribution in [2.45, 2.75) is 30.6 Å². The molecule has 0 bridgehead atoms. The van der Waals surface area contributed by atoms with Crippen LogP contribution >= 0.6 is 0 Å². The monoisotopic (exact) mass is 428 g/mol. The second-order valence-corrected chi connectivity index (χ2v) is 9.84. The van der Waals surface area contributed by atoms with Crippen LogP contribution in [-0.2, 0) is 14.9 Å². The molecule has 2 aromatic rings. The summed E-state index contributed by atoms with van der Waals surface area (Å²) in [6.45, 7) is 6.83. The van der Waals surface area contributed by atoms with Gasteiger partial charge < -0.3 is 0 Å². The Morgan fingerprint density at radius 2 is 1.62 bits per heavy atom. The first-order valence-electron chi connectivity index (χ1n) is 8.26. The van der Waals surface area contributed by atoms with Gasteiger partial charge in [0.25, 0.3) is 0 Å². The molecule has 0 aliphatic rings. The Labute approximate surface area is 155 Å². The second-order valence-electron chi connectivity index (χ2n) is 6.28. The Hall–Kier alpha value is -1.55. The van der Waals surface area contributed by atoms with Gasteiger partial charge >= 0.3 is 155 Å². The van der Waals surface area contributed by atoms with Gasteiger partial charge in [-0.3, -0.25) is 0 Å². The van der Waals surface area contributed by atoms with Gasteiger partial charge in [0.15, 0.2) is 0 Å². The van der Waals surface area contributed by atoms with E-state index in [2.05, 4.69) is 56.3 Å². The van der Waals surface area contributed by atoms with Crippen LogP contribution < -0.4 is 0 Å². The van der Waals surface area contributed by atoms with Crippen LogP contribution in [0.1, 0.15) is 31.9 Å². The van der Waals surface area contributed by atoms with Gasteiger partial charge in [-0.1, -0.05) is 0 Å². The van der Waals surface area contributed by atoms with E-state index in [-0.39, 0.29) is 11.4 Å². The van der Waals surface area contributed by atoms with Crippen LogP contribution in [0.15, 0.2) is 66.7 Å². The van der Waals surface area contributed by atoms with E-state index in [1.165, 1.54) is 9.15 Å². The van der Waals surface area contributed by atoms with Gasteiger partial charge in [0.05, 0.1) is 0 Å². The Balaban J connectivity index is 2.18. The zero-order chi connectivity index (χ0) is 17.4. The molecule has 0 aliphatic heterocycles. The van der Waals surface area contributed by atoms with E-state index in [4.69, 9.17) is 4.74 Å². The molecular weight excluding hydrogens is 403 g/mol. The second kappa shape index (κ2) is 9.07. The van der Waals surface area contributed by atoms with Crippen LogP contribution in [0.3, 0.4) is 0 Å². The van der Waals surface area contributed by atoms with Crippen molar-refractivity contribution in [3.05, 3.63) is 77.9 Å². The summed E-state index contributed by atoms with van der Waals surface area (Å²) in [5, 5.41) is 0. The first kappa shape index (κ1) is 18.8. The van der Waals surface area contributed by atoms with Crippen molar-refractivity contribution in [2.75, 3.05) is 6.61 Å². The molecule has 2 nitrogen and oxygen atoms in total. The molecule has 0 saturated heterocycles. The normalized spacial score (nSPS) is 12.0. The molecule has 0 fully saturated rings. The standard InChI is InChI=1S/C11H11O2.C10H13.Sn/c1-2-13-11(12)9-8-10-6-4-3-5-7-10;1-10(2,3)9-7-5-4-6-8-9;/h3-7,9H,2H2,1H3;4-8H,1H2,2-3H3;. The van der Waals surface area contributed by atoms with Gasteiger partial charge in [0, 0.05) is 0 Å². The van der Waals surface area contributed by atoms with Gasteiger partial charge in [0.1, 0.15) is 0 Å². The molecule has 2 radical (unpaired) electrons. The predicted octanol–water partition coefficient (Wildman–Crippen LogP) is 4.69. The summed E-state index contributed by atoms with van der Waals surface area (Å²) >= 11 is -0.944. The summed E-state index contributed by atoms with van der Waals surface area (Å²) in [7, 11) is 0. The van der Waals surface area contributed by atoms with E-state index in [0.29, 0.717) is 6.61 Å². The summed E-state index contributed by atoms with van der Waals surface area (Å²) < 4.78 is 7.44. The van der Waals surface area contributed by atoms with Gasteiger partial charge in [-0.2, -0.15) is 0 Å². The van der Waals surface area contributed by atoms with Crippen LogP contribution in [-0.4, -0.2) is 33.7 Å². The van der Waals surface area contributed by atoms with Crippen molar-refractivity contribution < 1.29 is 9.53 Å². The molecule has 0 unspecified atom stereocenters. The predicted molar refractivity (Wildman–Crippen MR) is 101 cm³/mol. The van der Waals surface area contributed by atoms with Crippen LogP contribution in [0.5, 0.6) is 0 Å². The maximum atomic E-state index is 11.9. The molecule has 0 atom stereocenters. The van der Waals surface area contributed by atoms with E-state index in [1.54, 1.807) is 6.08 Å². The van der Waals surface area contributed by atoms with E-state index < -0.39 is 21.1 Å². The number of carbonyl (C=O) groups excluding carboxylic acids is 1. The number of esters is 1.